The first-order chi connectivity index (χ1) is 18.3. The molecule has 4 rings (SSSR count). The van der Waals surface area contributed by atoms with Crippen molar-refractivity contribution >= 4 is 50.3 Å². The molecule has 9 heteroatoms. The van der Waals surface area contributed by atoms with Crippen molar-refractivity contribution in [2.75, 3.05) is 30.9 Å². The third-order valence-electron chi connectivity index (χ3n) is 6.13. The lowest BCUT2D eigenvalue weighted by atomic mass is 10.1. The Morgan fingerprint density at radius 3 is 2.63 bits per heavy atom. The molecule has 196 valence electrons. The van der Waals surface area contributed by atoms with Crippen LogP contribution in [0.1, 0.15) is 37.6 Å². The molecule has 0 saturated heterocycles. The second kappa shape index (κ2) is 12.0. The molecule has 0 saturated carbocycles. The lowest BCUT2D eigenvalue weighted by Crippen LogP contribution is -2.24. The van der Waals surface area contributed by atoms with Crippen LogP contribution in [0.4, 0.5) is 11.4 Å². The molecule has 0 spiro atoms. The van der Waals surface area contributed by atoms with Gasteiger partial charge >= 0.3 is 0 Å². The SMILES string of the molecule is CC[C@H](C)c1nc2ccc(Br)cc2c(=O)n1N=Cc1ccc(N(C)C)cc1OCC(=O)Nc1ccccc1. The van der Waals surface area contributed by atoms with Crippen molar-refractivity contribution in [2.24, 2.45) is 5.10 Å². The summed E-state index contributed by atoms with van der Waals surface area (Å²) in [6.45, 7) is 3.88. The van der Waals surface area contributed by atoms with Gasteiger partial charge in [0.25, 0.3) is 11.5 Å². The Kier molecular flexibility index (Phi) is 8.58. The number of fused-ring (bicyclic) bond motifs is 1. The van der Waals surface area contributed by atoms with E-state index < -0.39 is 0 Å². The number of hydrogen-bond acceptors (Lipinski definition) is 6. The number of aromatic nitrogens is 2. The largest absolute Gasteiger partial charge is 0.483 e. The molecule has 0 aliphatic rings. The van der Waals surface area contributed by atoms with Crippen LogP contribution in [0.15, 0.2) is 81.1 Å². The van der Waals surface area contributed by atoms with Gasteiger partial charge in [-0.3, -0.25) is 9.59 Å². The molecule has 1 N–H and O–H groups in total. The lowest BCUT2D eigenvalue weighted by Gasteiger charge is -2.16. The van der Waals surface area contributed by atoms with Crippen molar-refractivity contribution < 1.29 is 9.53 Å². The highest BCUT2D eigenvalue weighted by molar-refractivity contribution is 9.10. The molecule has 0 aliphatic heterocycles. The van der Waals surface area contributed by atoms with Gasteiger partial charge in [0.2, 0.25) is 0 Å². The first kappa shape index (κ1) is 27.1. The predicted molar refractivity (Wildman–Crippen MR) is 157 cm³/mol. The number of anilines is 2. The first-order valence-corrected chi connectivity index (χ1v) is 13.1. The van der Waals surface area contributed by atoms with Gasteiger partial charge in [-0.25, -0.2) is 4.98 Å². The van der Waals surface area contributed by atoms with Crippen LogP contribution in [0.5, 0.6) is 5.75 Å². The van der Waals surface area contributed by atoms with Crippen LogP contribution >= 0.6 is 15.9 Å². The van der Waals surface area contributed by atoms with Crippen molar-refractivity contribution in [3.8, 4) is 5.75 Å². The molecule has 0 aliphatic carbocycles. The molecule has 1 aromatic heterocycles. The maximum atomic E-state index is 13.5. The summed E-state index contributed by atoms with van der Waals surface area (Å²) in [5.41, 5.74) is 2.59. The molecule has 4 aromatic rings. The van der Waals surface area contributed by atoms with E-state index in [4.69, 9.17) is 9.72 Å². The minimum absolute atomic E-state index is 0.0152. The van der Waals surface area contributed by atoms with E-state index in [9.17, 15) is 9.59 Å². The van der Waals surface area contributed by atoms with Crippen LogP contribution in [0.3, 0.4) is 0 Å². The number of benzene rings is 3. The minimum Gasteiger partial charge on any atom is -0.483 e. The molecule has 0 fully saturated rings. The van der Waals surface area contributed by atoms with Gasteiger partial charge in [0.1, 0.15) is 11.6 Å². The highest BCUT2D eigenvalue weighted by Crippen LogP contribution is 2.25. The van der Waals surface area contributed by atoms with E-state index in [2.05, 4.69) is 26.3 Å². The van der Waals surface area contributed by atoms with Crippen LogP contribution in [-0.4, -0.2) is 42.5 Å². The van der Waals surface area contributed by atoms with Crippen LogP contribution in [0, 0.1) is 0 Å². The van der Waals surface area contributed by atoms with Gasteiger partial charge in [-0.2, -0.15) is 9.78 Å². The molecule has 1 heterocycles. The van der Waals surface area contributed by atoms with Crippen LogP contribution in [0.25, 0.3) is 10.9 Å². The Morgan fingerprint density at radius 2 is 1.92 bits per heavy atom. The molecule has 0 radical (unpaired) electrons. The fraction of sp³-hybridized carbons (Fsp3) is 0.241. The number of rotatable bonds is 9. The van der Waals surface area contributed by atoms with Crippen molar-refractivity contribution in [3.05, 3.63) is 92.9 Å². The zero-order valence-electron chi connectivity index (χ0n) is 21.8. The van der Waals surface area contributed by atoms with Gasteiger partial charge < -0.3 is 15.0 Å². The zero-order valence-corrected chi connectivity index (χ0v) is 23.4. The van der Waals surface area contributed by atoms with Gasteiger partial charge in [-0.15, -0.1) is 0 Å². The van der Waals surface area contributed by atoms with Crippen molar-refractivity contribution in [1.29, 1.82) is 0 Å². The molecule has 0 bridgehead atoms. The molecular weight excluding hydrogens is 546 g/mol. The van der Waals surface area contributed by atoms with E-state index in [0.29, 0.717) is 33.7 Å². The van der Waals surface area contributed by atoms with E-state index >= 15 is 0 Å². The number of carbonyl (C=O) groups excluding carboxylic acids is 1. The first-order valence-electron chi connectivity index (χ1n) is 12.3. The zero-order chi connectivity index (χ0) is 27.2. The van der Waals surface area contributed by atoms with Gasteiger partial charge in [0.15, 0.2) is 6.61 Å². The third kappa shape index (κ3) is 6.28. The quantitative estimate of drug-likeness (QED) is 0.261. The van der Waals surface area contributed by atoms with Crippen molar-refractivity contribution in [2.45, 2.75) is 26.2 Å². The van der Waals surface area contributed by atoms with Crippen molar-refractivity contribution in [1.82, 2.24) is 9.66 Å². The number of amides is 1. The van der Waals surface area contributed by atoms with E-state index in [0.717, 1.165) is 16.6 Å². The average molecular weight is 576 g/mol. The Hall–Kier alpha value is -3.98. The lowest BCUT2D eigenvalue weighted by molar-refractivity contribution is -0.118. The van der Waals surface area contributed by atoms with Crippen molar-refractivity contribution in [3.63, 3.8) is 0 Å². The van der Waals surface area contributed by atoms with Gasteiger partial charge in [0.05, 0.1) is 17.1 Å². The van der Waals surface area contributed by atoms with E-state index in [1.165, 1.54) is 4.68 Å². The number of hydrogen-bond donors (Lipinski definition) is 1. The molecule has 0 unspecified atom stereocenters. The van der Waals surface area contributed by atoms with Crippen LogP contribution in [-0.2, 0) is 4.79 Å². The Labute approximate surface area is 230 Å². The Bertz CT molecular complexity index is 1530. The summed E-state index contributed by atoms with van der Waals surface area (Å²) in [6.07, 6.45) is 2.37. The number of para-hydroxylation sites is 1. The van der Waals surface area contributed by atoms with Crippen LogP contribution in [0.2, 0.25) is 0 Å². The van der Waals surface area contributed by atoms with E-state index in [1.807, 2.05) is 93.5 Å². The second-order valence-corrected chi connectivity index (χ2v) is 10.0. The summed E-state index contributed by atoms with van der Waals surface area (Å²) < 4.78 is 8.07. The summed E-state index contributed by atoms with van der Waals surface area (Å²) in [7, 11) is 3.84. The fourth-order valence-electron chi connectivity index (χ4n) is 3.79. The fourth-order valence-corrected chi connectivity index (χ4v) is 4.15. The molecular formula is C29H30BrN5O3. The summed E-state index contributed by atoms with van der Waals surface area (Å²) >= 11 is 3.44. The minimum atomic E-state index is -0.283. The number of nitrogens with zero attached hydrogens (tertiary/aromatic N) is 4. The molecule has 38 heavy (non-hydrogen) atoms. The normalized spacial score (nSPS) is 12.0. The number of nitrogens with one attached hydrogen (secondary N) is 1. The van der Waals surface area contributed by atoms with Crippen LogP contribution < -0.4 is 20.5 Å². The molecule has 3 aromatic carbocycles. The number of carbonyl (C=O) groups is 1. The maximum Gasteiger partial charge on any atom is 0.282 e. The average Bonchev–Trinajstić information content (AvgIpc) is 2.91. The van der Waals surface area contributed by atoms with E-state index in [1.54, 1.807) is 12.3 Å². The number of ether oxygens (including phenoxy) is 1. The number of halogens is 1. The summed E-state index contributed by atoms with van der Waals surface area (Å²) in [4.78, 5) is 32.7. The topological polar surface area (TPSA) is 88.8 Å². The highest BCUT2D eigenvalue weighted by atomic mass is 79.9. The predicted octanol–water partition coefficient (Wildman–Crippen LogP) is 5.64. The highest BCUT2D eigenvalue weighted by Gasteiger charge is 2.16. The van der Waals surface area contributed by atoms with Gasteiger partial charge in [0, 0.05) is 47.5 Å². The monoisotopic (exact) mass is 575 g/mol. The summed E-state index contributed by atoms with van der Waals surface area (Å²) in [5, 5.41) is 7.85. The van der Waals surface area contributed by atoms with E-state index in [-0.39, 0.29) is 24.0 Å². The molecule has 8 nitrogen and oxygen atoms in total. The smallest absolute Gasteiger partial charge is 0.282 e. The Balaban J connectivity index is 1.69. The van der Waals surface area contributed by atoms with Gasteiger partial charge in [-0.1, -0.05) is 48.0 Å². The third-order valence-corrected chi connectivity index (χ3v) is 6.62. The summed E-state index contributed by atoms with van der Waals surface area (Å²) in [5.74, 6) is 0.784. The molecule has 1 amide bonds. The standard InChI is InChI=1S/C29H30BrN5O3/c1-5-19(2)28-33-25-14-12-21(30)15-24(25)29(37)35(28)31-17-20-11-13-23(34(3)4)16-26(20)38-18-27(36)32-22-9-7-6-8-10-22/h6-17,19H,5,18H2,1-4H3,(H,32,36)/t19-/m0/s1. The molecule has 1 atom stereocenters. The Morgan fingerprint density at radius 1 is 1.16 bits per heavy atom. The second-order valence-electron chi connectivity index (χ2n) is 9.12. The summed E-state index contributed by atoms with van der Waals surface area (Å²) in [6, 6.07) is 20.3. The van der Waals surface area contributed by atoms with Gasteiger partial charge in [-0.05, 0) is 48.9 Å². The maximum absolute atomic E-state index is 13.5.